The van der Waals surface area contributed by atoms with Crippen molar-refractivity contribution in [2.75, 3.05) is 13.2 Å². The van der Waals surface area contributed by atoms with Crippen molar-refractivity contribution in [3.8, 4) is 11.1 Å². The summed E-state index contributed by atoms with van der Waals surface area (Å²) in [6, 6.07) is 13.4. The Hall–Kier alpha value is -1.78. The first-order chi connectivity index (χ1) is 15.5. The third-order valence-electron chi connectivity index (χ3n) is 7.19. The molecule has 0 aromatic heterocycles. The highest BCUT2D eigenvalue weighted by molar-refractivity contribution is 5.65. The van der Waals surface area contributed by atoms with E-state index in [4.69, 9.17) is 9.47 Å². The van der Waals surface area contributed by atoms with Crippen LogP contribution in [-0.4, -0.2) is 18.9 Å². The Morgan fingerprint density at radius 3 is 2.12 bits per heavy atom. The number of halogens is 2. The van der Waals surface area contributed by atoms with E-state index in [1.807, 2.05) is 25.1 Å². The smallest absolute Gasteiger partial charge is 0.184 e. The van der Waals surface area contributed by atoms with E-state index in [2.05, 4.69) is 19.1 Å². The number of ether oxygens (including phenoxy) is 2. The predicted molar refractivity (Wildman–Crippen MR) is 125 cm³/mol. The van der Waals surface area contributed by atoms with E-state index < -0.39 is 12.0 Å². The summed E-state index contributed by atoms with van der Waals surface area (Å²) >= 11 is 0. The first-order valence-electron chi connectivity index (χ1n) is 12.3. The van der Waals surface area contributed by atoms with Gasteiger partial charge in [0.05, 0.1) is 13.2 Å². The van der Waals surface area contributed by atoms with Crippen LogP contribution in [0.2, 0.25) is 0 Å². The number of rotatable bonds is 7. The van der Waals surface area contributed by atoms with Gasteiger partial charge in [-0.2, -0.15) is 0 Å². The fraction of sp³-hybridized carbons (Fsp3) is 0.571. The minimum Gasteiger partial charge on any atom is -0.345 e. The van der Waals surface area contributed by atoms with Crippen molar-refractivity contribution in [1.82, 2.24) is 0 Å². The van der Waals surface area contributed by atoms with Crippen LogP contribution < -0.4 is 0 Å². The Morgan fingerprint density at radius 1 is 0.875 bits per heavy atom. The summed E-state index contributed by atoms with van der Waals surface area (Å²) < 4.78 is 40.6. The lowest BCUT2D eigenvalue weighted by Gasteiger charge is -2.34. The molecule has 1 aliphatic heterocycles. The molecular weight excluding hydrogens is 406 g/mol. The lowest BCUT2D eigenvalue weighted by molar-refractivity contribution is -0.239. The van der Waals surface area contributed by atoms with Crippen LogP contribution in [0, 0.1) is 11.7 Å². The van der Waals surface area contributed by atoms with E-state index >= 15 is 0 Å². The minimum atomic E-state index is -1.44. The summed E-state index contributed by atoms with van der Waals surface area (Å²) in [6.07, 6.45) is 8.21. The standard InChI is InChI=1S/C28H36F2O2/c1-3-5-20-6-8-21(9-7-20)22-10-12-23(13-11-22)25-15-14-24(17-26(25)29)27-31-18-28(30,16-4-2)19-32-27/h10-15,17,20-21,27H,3-9,16,18-19H2,1-2H3. The monoisotopic (exact) mass is 442 g/mol. The molecule has 2 aromatic carbocycles. The van der Waals surface area contributed by atoms with Gasteiger partial charge in [-0.1, -0.05) is 69.5 Å². The third-order valence-corrected chi connectivity index (χ3v) is 7.19. The van der Waals surface area contributed by atoms with Crippen LogP contribution >= 0.6 is 0 Å². The largest absolute Gasteiger partial charge is 0.345 e. The Morgan fingerprint density at radius 2 is 1.53 bits per heavy atom. The molecule has 0 amide bonds. The lowest BCUT2D eigenvalue weighted by atomic mass is 9.77. The maximum absolute atomic E-state index is 14.9. The third kappa shape index (κ3) is 5.40. The highest BCUT2D eigenvalue weighted by Crippen LogP contribution is 2.38. The van der Waals surface area contributed by atoms with Gasteiger partial charge in [-0.05, 0) is 61.1 Å². The molecule has 0 radical (unpaired) electrons. The Labute approximate surface area is 191 Å². The van der Waals surface area contributed by atoms with Crippen LogP contribution in [0.4, 0.5) is 8.78 Å². The van der Waals surface area contributed by atoms with Gasteiger partial charge in [0.25, 0.3) is 0 Å². The average Bonchev–Trinajstić information content (AvgIpc) is 2.80. The molecule has 2 fully saturated rings. The zero-order valence-corrected chi connectivity index (χ0v) is 19.4. The van der Waals surface area contributed by atoms with Gasteiger partial charge < -0.3 is 9.47 Å². The van der Waals surface area contributed by atoms with E-state index in [-0.39, 0.29) is 19.0 Å². The van der Waals surface area contributed by atoms with E-state index in [0.29, 0.717) is 23.5 Å². The fourth-order valence-electron chi connectivity index (χ4n) is 5.36. The quantitative estimate of drug-likeness (QED) is 0.431. The van der Waals surface area contributed by atoms with Gasteiger partial charge in [-0.15, -0.1) is 0 Å². The van der Waals surface area contributed by atoms with Crippen molar-refractivity contribution >= 4 is 0 Å². The summed E-state index contributed by atoms with van der Waals surface area (Å²) in [6.45, 7) is 4.17. The zero-order valence-electron chi connectivity index (χ0n) is 19.4. The van der Waals surface area contributed by atoms with Gasteiger partial charge in [0.2, 0.25) is 0 Å². The molecule has 1 saturated heterocycles. The highest BCUT2D eigenvalue weighted by atomic mass is 19.1. The first-order valence-corrected chi connectivity index (χ1v) is 12.3. The maximum atomic E-state index is 14.9. The normalized spacial score (nSPS) is 28.6. The van der Waals surface area contributed by atoms with Crippen molar-refractivity contribution in [2.24, 2.45) is 5.92 Å². The summed E-state index contributed by atoms with van der Waals surface area (Å²) in [4.78, 5) is 0. The van der Waals surface area contributed by atoms with Gasteiger partial charge in [-0.3, -0.25) is 0 Å². The molecule has 0 bridgehead atoms. The molecule has 32 heavy (non-hydrogen) atoms. The fourth-order valence-corrected chi connectivity index (χ4v) is 5.36. The number of hydrogen-bond acceptors (Lipinski definition) is 2. The van der Waals surface area contributed by atoms with E-state index in [0.717, 1.165) is 17.9 Å². The van der Waals surface area contributed by atoms with Crippen LogP contribution in [0.25, 0.3) is 11.1 Å². The van der Waals surface area contributed by atoms with Gasteiger partial charge in [0.1, 0.15) is 5.82 Å². The molecule has 0 atom stereocenters. The van der Waals surface area contributed by atoms with Crippen LogP contribution in [-0.2, 0) is 9.47 Å². The van der Waals surface area contributed by atoms with Gasteiger partial charge >= 0.3 is 0 Å². The predicted octanol–water partition coefficient (Wildman–Crippen LogP) is 8.12. The molecule has 0 spiro atoms. The van der Waals surface area contributed by atoms with Crippen molar-refractivity contribution in [3.05, 3.63) is 59.4 Å². The van der Waals surface area contributed by atoms with Crippen molar-refractivity contribution < 1.29 is 18.3 Å². The summed E-state index contributed by atoms with van der Waals surface area (Å²) in [5.41, 5.74) is 1.94. The molecule has 4 rings (SSSR count). The molecule has 174 valence electrons. The van der Waals surface area contributed by atoms with Crippen molar-refractivity contribution in [2.45, 2.75) is 83.1 Å². The average molecular weight is 443 g/mol. The van der Waals surface area contributed by atoms with Crippen LogP contribution in [0.5, 0.6) is 0 Å². The molecule has 2 aromatic rings. The summed E-state index contributed by atoms with van der Waals surface area (Å²) in [5.74, 6) is 1.21. The van der Waals surface area contributed by atoms with Gasteiger partial charge in [-0.25, -0.2) is 8.78 Å². The highest BCUT2D eigenvalue weighted by Gasteiger charge is 2.37. The first kappa shape index (κ1) is 23.4. The Balaban J connectivity index is 1.39. The van der Waals surface area contributed by atoms with Crippen molar-refractivity contribution in [3.63, 3.8) is 0 Å². The topological polar surface area (TPSA) is 18.5 Å². The van der Waals surface area contributed by atoms with Crippen LogP contribution in [0.1, 0.15) is 88.5 Å². The molecule has 4 heteroatoms. The molecule has 2 nitrogen and oxygen atoms in total. The maximum Gasteiger partial charge on any atom is 0.184 e. The number of hydrogen-bond donors (Lipinski definition) is 0. The van der Waals surface area contributed by atoms with Gasteiger partial charge in [0.15, 0.2) is 12.0 Å². The van der Waals surface area contributed by atoms with E-state index in [1.165, 1.54) is 50.2 Å². The molecule has 0 N–H and O–H groups in total. The molecule has 2 aliphatic rings. The lowest BCUT2D eigenvalue weighted by Crippen LogP contribution is -2.41. The van der Waals surface area contributed by atoms with Crippen LogP contribution in [0.15, 0.2) is 42.5 Å². The molecular formula is C28H36F2O2. The molecule has 0 unspecified atom stereocenters. The summed E-state index contributed by atoms with van der Waals surface area (Å²) in [7, 11) is 0. The minimum absolute atomic E-state index is 0.0172. The number of alkyl halides is 1. The zero-order chi connectivity index (χ0) is 22.6. The molecule has 1 saturated carbocycles. The SMILES string of the molecule is CCCC1CCC(c2ccc(-c3ccc(C4OCC(F)(CCC)CO4)cc3F)cc2)CC1. The Bertz CT molecular complexity index is 864. The summed E-state index contributed by atoms with van der Waals surface area (Å²) in [5, 5.41) is 0. The number of benzene rings is 2. The second-order valence-corrected chi connectivity index (χ2v) is 9.72. The Kier molecular flexibility index (Phi) is 7.63. The second kappa shape index (κ2) is 10.4. The van der Waals surface area contributed by atoms with E-state index in [9.17, 15) is 8.78 Å². The van der Waals surface area contributed by atoms with Crippen LogP contribution in [0.3, 0.4) is 0 Å². The van der Waals surface area contributed by atoms with E-state index in [1.54, 1.807) is 6.07 Å². The molecule has 1 heterocycles. The molecule has 1 aliphatic carbocycles. The van der Waals surface area contributed by atoms with Gasteiger partial charge in [0, 0.05) is 11.1 Å². The van der Waals surface area contributed by atoms with Crippen molar-refractivity contribution in [1.29, 1.82) is 0 Å². The second-order valence-electron chi connectivity index (χ2n) is 9.72.